The molecule has 0 bridgehead atoms. The molecule has 1 unspecified atom stereocenters. The summed E-state index contributed by atoms with van der Waals surface area (Å²) in [5.41, 5.74) is 6.26. The average Bonchev–Trinajstić information content (AvgIpc) is 3.43. The van der Waals surface area contributed by atoms with Crippen LogP contribution in [-0.4, -0.2) is 19.7 Å². The molecule has 3 heterocycles. The molecule has 0 aliphatic carbocycles. The first-order valence-electron chi connectivity index (χ1n) is 11.3. The molecule has 1 N–H and O–H groups in total. The predicted molar refractivity (Wildman–Crippen MR) is 132 cm³/mol. The first kappa shape index (κ1) is 21.8. The van der Waals surface area contributed by atoms with Crippen molar-refractivity contribution in [3.63, 3.8) is 0 Å². The molecule has 34 heavy (non-hydrogen) atoms. The number of aromatic nitrogens is 4. The van der Waals surface area contributed by atoms with Crippen LogP contribution in [0, 0.1) is 12.7 Å². The molecule has 0 amide bonds. The molecule has 5 aromatic rings. The molecule has 0 aliphatic heterocycles. The van der Waals surface area contributed by atoms with Gasteiger partial charge in [-0.25, -0.2) is 14.4 Å². The summed E-state index contributed by atoms with van der Waals surface area (Å²) >= 11 is 0. The second-order valence-electron chi connectivity index (χ2n) is 8.58. The molecule has 5 rings (SSSR count). The van der Waals surface area contributed by atoms with Gasteiger partial charge in [-0.2, -0.15) is 5.10 Å². The van der Waals surface area contributed by atoms with E-state index in [1.54, 1.807) is 23.2 Å². The number of anilines is 1. The summed E-state index contributed by atoms with van der Waals surface area (Å²) < 4.78 is 21.8. The number of nitrogens with one attached hydrogen (secondary N) is 1. The fraction of sp³-hybridized carbons (Fsp3) is 0.222. The minimum atomic E-state index is -0.286. The Morgan fingerprint density at radius 3 is 2.68 bits per heavy atom. The number of hydrogen-bond donors (Lipinski definition) is 1. The molecule has 0 aliphatic rings. The SMILES string of the molecule is CCc1nc(NC(C)c2cc(F)cc(-c3cnn(C)c3)c2)cc(-c2ccc3occ(C)c3c2)n1. The van der Waals surface area contributed by atoms with Gasteiger partial charge in [0.1, 0.15) is 23.0 Å². The summed E-state index contributed by atoms with van der Waals surface area (Å²) in [5.74, 6) is 1.16. The number of hydrogen-bond acceptors (Lipinski definition) is 5. The topological polar surface area (TPSA) is 68.8 Å². The van der Waals surface area contributed by atoms with E-state index in [4.69, 9.17) is 9.40 Å². The second kappa shape index (κ2) is 8.74. The van der Waals surface area contributed by atoms with Crippen molar-refractivity contribution in [2.75, 3.05) is 5.32 Å². The van der Waals surface area contributed by atoms with Gasteiger partial charge in [-0.3, -0.25) is 4.68 Å². The van der Waals surface area contributed by atoms with Crippen LogP contribution in [0.25, 0.3) is 33.4 Å². The maximum absolute atomic E-state index is 14.5. The van der Waals surface area contributed by atoms with Crippen LogP contribution in [0.15, 0.2) is 65.5 Å². The molecular weight excluding hydrogens is 429 g/mol. The van der Waals surface area contributed by atoms with Crippen LogP contribution in [0.1, 0.15) is 36.8 Å². The molecule has 0 saturated carbocycles. The maximum atomic E-state index is 14.5. The third kappa shape index (κ3) is 4.29. The molecule has 0 saturated heterocycles. The molecule has 7 heteroatoms. The summed E-state index contributed by atoms with van der Waals surface area (Å²) in [5, 5.41) is 8.71. The highest BCUT2D eigenvalue weighted by atomic mass is 19.1. The van der Waals surface area contributed by atoms with Crippen molar-refractivity contribution in [1.82, 2.24) is 19.7 Å². The Hall–Kier alpha value is -4.00. The number of aryl methyl sites for hydroxylation is 3. The van der Waals surface area contributed by atoms with Gasteiger partial charge in [0, 0.05) is 42.2 Å². The van der Waals surface area contributed by atoms with Crippen LogP contribution in [0.4, 0.5) is 10.2 Å². The highest BCUT2D eigenvalue weighted by Gasteiger charge is 2.14. The van der Waals surface area contributed by atoms with Crippen molar-refractivity contribution in [2.24, 2.45) is 7.05 Å². The Morgan fingerprint density at radius 1 is 1.06 bits per heavy atom. The first-order chi connectivity index (χ1) is 16.4. The van der Waals surface area contributed by atoms with E-state index >= 15 is 0 Å². The van der Waals surface area contributed by atoms with Gasteiger partial charge in [0.25, 0.3) is 0 Å². The van der Waals surface area contributed by atoms with Crippen molar-refractivity contribution < 1.29 is 8.81 Å². The predicted octanol–water partition coefficient (Wildman–Crippen LogP) is 6.47. The van der Waals surface area contributed by atoms with Crippen LogP contribution in [-0.2, 0) is 13.5 Å². The lowest BCUT2D eigenvalue weighted by Crippen LogP contribution is -2.10. The third-order valence-electron chi connectivity index (χ3n) is 5.97. The summed E-state index contributed by atoms with van der Waals surface area (Å²) in [6, 6.07) is 12.9. The Balaban J connectivity index is 1.47. The van der Waals surface area contributed by atoms with Crippen molar-refractivity contribution in [3.8, 4) is 22.4 Å². The largest absolute Gasteiger partial charge is 0.464 e. The van der Waals surface area contributed by atoms with Crippen molar-refractivity contribution in [3.05, 3.63) is 83.9 Å². The smallest absolute Gasteiger partial charge is 0.134 e. The zero-order valence-corrected chi connectivity index (χ0v) is 19.6. The maximum Gasteiger partial charge on any atom is 0.134 e. The van der Waals surface area contributed by atoms with Gasteiger partial charge in [0.05, 0.1) is 24.2 Å². The number of rotatable bonds is 6. The summed E-state index contributed by atoms with van der Waals surface area (Å²) in [6.45, 7) is 6.05. The summed E-state index contributed by atoms with van der Waals surface area (Å²) in [6.07, 6.45) is 6.08. The molecule has 3 aromatic heterocycles. The molecule has 6 nitrogen and oxygen atoms in total. The van der Waals surface area contributed by atoms with E-state index in [2.05, 4.69) is 21.5 Å². The van der Waals surface area contributed by atoms with E-state index in [9.17, 15) is 4.39 Å². The van der Waals surface area contributed by atoms with Gasteiger partial charge in [-0.1, -0.05) is 6.92 Å². The van der Waals surface area contributed by atoms with E-state index in [0.717, 1.165) is 50.3 Å². The summed E-state index contributed by atoms with van der Waals surface area (Å²) in [7, 11) is 1.84. The van der Waals surface area contributed by atoms with E-state index in [0.29, 0.717) is 12.2 Å². The van der Waals surface area contributed by atoms with Crippen molar-refractivity contribution >= 4 is 16.8 Å². The van der Waals surface area contributed by atoms with Crippen LogP contribution in [0.2, 0.25) is 0 Å². The number of benzene rings is 2. The first-order valence-corrected chi connectivity index (χ1v) is 11.3. The standard InChI is InChI=1S/C27H26FN5O/c1-5-26-31-24(18-6-7-25-23(11-18)16(2)15-34-25)12-27(32-26)30-17(3)19-8-20(10-22(28)9-19)21-13-29-33(4)14-21/h6-15,17H,5H2,1-4H3,(H,30,31,32). The summed E-state index contributed by atoms with van der Waals surface area (Å²) in [4.78, 5) is 9.41. The van der Waals surface area contributed by atoms with Gasteiger partial charge in [-0.05, 0) is 66.9 Å². The minimum Gasteiger partial charge on any atom is -0.464 e. The van der Waals surface area contributed by atoms with Crippen LogP contribution < -0.4 is 5.32 Å². The Kier molecular flexibility index (Phi) is 5.61. The molecule has 0 fully saturated rings. The number of furan rings is 1. The fourth-order valence-electron chi connectivity index (χ4n) is 4.10. The van der Waals surface area contributed by atoms with Gasteiger partial charge in [-0.15, -0.1) is 0 Å². The highest BCUT2D eigenvalue weighted by molar-refractivity contribution is 5.85. The van der Waals surface area contributed by atoms with Crippen molar-refractivity contribution in [2.45, 2.75) is 33.2 Å². The zero-order chi connectivity index (χ0) is 23.8. The van der Waals surface area contributed by atoms with Crippen LogP contribution in [0.3, 0.4) is 0 Å². The Labute approximate surface area is 197 Å². The highest BCUT2D eigenvalue weighted by Crippen LogP contribution is 2.30. The molecule has 2 aromatic carbocycles. The van der Waals surface area contributed by atoms with Crippen LogP contribution >= 0.6 is 0 Å². The lowest BCUT2D eigenvalue weighted by Gasteiger charge is -2.17. The Bertz CT molecular complexity index is 1490. The monoisotopic (exact) mass is 455 g/mol. The molecular formula is C27H26FN5O. The average molecular weight is 456 g/mol. The molecule has 172 valence electrons. The minimum absolute atomic E-state index is 0.169. The molecule has 1 atom stereocenters. The number of halogens is 1. The molecule has 0 radical (unpaired) electrons. The van der Waals surface area contributed by atoms with Gasteiger partial charge < -0.3 is 9.73 Å². The molecule has 0 spiro atoms. The van der Waals surface area contributed by atoms with E-state index in [1.807, 2.05) is 58.3 Å². The third-order valence-corrected chi connectivity index (χ3v) is 5.97. The Morgan fingerprint density at radius 2 is 1.91 bits per heavy atom. The van der Waals surface area contributed by atoms with E-state index in [-0.39, 0.29) is 11.9 Å². The quantitative estimate of drug-likeness (QED) is 0.318. The lowest BCUT2D eigenvalue weighted by atomic mass is 10.0. The fourth-order valence-corrected chi connectivity index (χ4v) is 4.10. The zero-order valence-electron chi connectivity index (χ0n) is 19.6. The lowest BCUT2D eigenvalue weighted by molar-refractivity contribution is 0.613. The van der Waals surface area contributed by atoms with Gasteiger partial charge in [0.15, 0.2) is 0 Å². The van der Waals surface area contributed by atoms with E-state index in [1.165, 1.54) is 6.07 Å². The number of fused-ring (bicyclic) bond motifs is 1. The van der Waals surface area contributed by atoms with Crippen LogP contribution in [0.5, 0.6) is 0 Å². The van der Waals surface area contributed by atoms with Crippen molar-refractivity contribution in [1.29, 1.82) is 0 Å². The second-order valence-corrected chi connectivity index (χ2v) is 8.58. The van der Waals surface area contributed by atoms with Gasteiger partial charge >= 0.3 is 0 Å². The van der Waals surface area contributed by atoms with Gasteiger partial charge in [0.2, 0.25) is 0 Å². The normalized spacial score (nSPS) is 12.3. The van der Waals surface area contributed by atoms with E-state index < -0.39 is 0 Å². The number of nitrogens with zero attached hydrogens (tertiary/aromatic N) is 4.